The average Bonchev–Trinajstić information content (AvgIpc) is 2.34. The van der Waals surface area contributed by atoms with E-state index in [-0.39, 0.29) is 12.3 Å². The predicted octanol–water partition coefficient (Wildman–Crippen LogP) is 0.766. The molecule has 2 N–H and O–H groups in total. The van der Waals surface area contributed by atoms with E-state index in [9.17, 15) is 10.1 Å². The molecular formula is C7H10N2O3. The maximum absolute atomic E-state index is 10.4. The van der Waals surface area contributed by atoms with Gasteiger partial charge >= 0.3 is 0 Å². The van der Waals surface area contributed by atoms with E-state index in [2.05, 4.69) is 4.98 Å². The minimum atomic E-state index is -0.450. The highest BCUT2D eigenvalue weighted by Gasteiger charge is 2.16. The number of H-pyrrole nitrogens is 1. The number of aliphatic hydroxyl groups excluding tert-OH is 1. The van der Waals surface area contributed by atoms with Crippen molar-refractivity contribution in [2.45, 2.75) is 13.3 Å². The maximum Gasteiger partial charge on any atom is 0.290 e. The Hall–Kier alpha value is -1.36. The number of hydrogen-bond acceptors (Lipinski definition) is 3. The summed E-state index contributed by atoms with van der Waals surface area (Å²) in [4.78, 5) is 12.7. The van der Waals surface area contributed by atoms with Crippen LogP contribution in [0.5, 0.6) is 0 Å². The number of nitrogens with one attached hydrogen (secondary N) is 1. The molecule has 0 fully saturated rings. The van der Waals surface area contributed by atoms with Crippen LogP contribution in [0.25, 0.3) is 0 Å². The molecule has 1 heterocycles. The Morgan fingerprint density at radius 3 is 2.92 bits per heavy atom. The van der Waals surface area contributed by atoms with Gasteiger partial charge in [0.15, 0.2) is 0 Å². The van der Waals surface area contributed by atoms with Gasteiger partial charge in [-0.3, -0.25) is 10.1 Å². The van der Waals surface area contributed by atoms with Crippen molar-refractivity contribution in [2.75, 3.05) is 6.61 Å². The van der Waals surface area contributed by atoms with Gasteiger partial charge in [-0.15, -0.1) is 0 Å². The second-order valence-corrected chi connectivity index (χ2v) is 2.51. The van der Waals surface area contributed by atoms with E-state index in [4.69, 9.17) is 5.11 Å². The first kappa shape index (κ1) is 8.73. The lowest BCUT2D eigenvalue weighted by molar-refractivity contribution is -0.385. The second-order valence-electron chi connectivity index (χ2n) is 2.51. The molecule has 0 bridgehead atoms. The van der Waals surface area contributed by atoms with Crippen LogP contribution >= 0.6 is 0 Å². The number of aliphatic hydroxyl groups is 1. The standard InChI is InChI=1S/C7H10N2O3/c1-5-6(2-3-10)7(4-8-5)9(11)12/h4,8,10H,2-3H2,1H3. The molecule has 0 unspecified atom stereocenters. The molecule has 1 rings (SSSR count). The van der Waals surface area contributed by atoms with Crippen molar-refractivity contribution in [3.8, 4) is 0 Å². The fourth-order valence-corrected chi connectivity index (χ4v) is 1.13. The Labute approximate surface area is 69.2 Å². The van der Waals surface area contributed by atoms with Crippen LogP contribution in [0.1, 0.15) is 11.3 Å². The Morgan fingerprint density at radius 2 is 2.42 bits per heavy atom. The fourth-order valence-electron chi connectivity index (χ4n) is 1.13. The summed E-state index contributed by atoms with van der Waals surface area (Å²) < 4.78 is 0. The van der Waals surface area contributed by atoms with Gasteiger partial charge in [-0.1, -0.05) is 0 Å². The molecule has 1 aromatic rings. The molecule has 0 aromatic carbocycles. The molecule has 0 aliphatic rings. The van der Waals surface area contributed by atoms with Crippen LogP contribution < -0.4 is 0 Å². The normalized spacial score (nSPS) is 10.2. The third-order valence-corrected chi connectivity index (χ3v) is 1.75. The van der Waals surface area contributed by atoms with Crippen LogP contribution in [0.4, 0.5) is 5.69 Å². The van der Waals surface area contributed by atoms with Gasteiger partial charge in [-0.2, -0.15) is 0 Å². The molecule has 66 valence electrons. The van der Waals surface area contributed by atoms with E-state index >= 15 is 0 Å². The van der Waals surface area contributed by atoms with Crippen LogP contribution in [0.15, 0.2) is 6.20 Å². The zero-order valence-corrected chi connectivity index (χ0v) is 6.70. The fraction of sp³-hybridized carbons (Fsp3) is 0.429. The molecule has 0 atom stereocenters. The van der Waals surface area contributed by atoms with E-state index < -0.39 is 4.92 Å². The smallest absolute Gasteiger partial charge is 0.290 e. The van der Waals surface area contributed by atoms with Crippen LogP contribution in [0, 0.1) is 17.0 Å². The summed E-state index contributed by atoms with van der Waals surface area (Å²) in [6, 6.07) is 0. The summed E-state index contributed by atoms with van der Waals surface area (Å²) in [5.41, 5.74) is 1.39. The van der Waals surface area contributed by atoms with Crippen molar-refractivity contribution < 1.29 is 10.0 Å². The molecular weight excluding hydrogens is 160 g/mol. The number of aromatic amines is 1. The third kappa shape index (κ3) is 1.45. The lowest BCUT2D eigenvalue weighted by Gasteiger charge is -1.95. The maximum atomic E-state index is 10.4. The van der Waals surface area contributed by atoms with Gasteiger partial charge in [0.25, 0.3) is 5.69 Å². The summed E-state index contributed by atoms with van der Waals surface area (Å²) in [5, 5.41) is 19.0. The Bertz CT molecular complexity index is 293. The minimum Gasteiger partial charge on any atom is -0.396 e. The number of nitro groups is 1. The number of aromatic nitrogens is 1. The van der Waals surface area contributed by atoms with Crippen molar-refractivity contribution >= 4 is 5.69 Å². The van der Waals surface area contributed by atoms with E-state index in [0.717, 1.165) is 5.69 Å². The summed E-state index contributed by atoms with van der Waals surface area (Å²) in [6.07, 6.45) is 1.67. The lowest BCUT2D eigenvalue weighted by Crippen LogP contribution is -1.96. The predicted molar refractivity (Wildman–Crippen MR) is 43.0 cm³/mol. The summed E-state index contributed by atoms with van der Waals surface area (Å²) in [6.45, 7) is 1.68. The Morgan fingerprint density at radius 1 is 1.75 bits per heavy atom. The highest BCUT2D eigenvalue weighted by atomic mass is 16.6. The number of hydrogen-bond donors (Lipinski definition) is 2. The lowest BCUT2D eigenvalue weighted by atomic mass is 10.2. The molecule has 0 aliphatic carbocycles. The summed E-state index contributed by atoms with van der Waals surface area (Å²) in [7, 11) is 0. The average molecular weight is 170 g/mol. The molecule has 0 radical (unpaired) electrons. The summed E-state index contributed by atoms with van der Waals surface area (Å²) >= 11 is 0. The second kappa shape index (κ2) is 3.36. The Balaban J connectivity index is 3.03. The number of aryl methyl sites for hydroxylation is 1. The molecule has 1 aromatic heterocycles. The van der Waals surface area contributed by atoms with Crippen molar-refractivity contribution in [2.24, 2.45) is 0 Å². The first-order valence-electron chi connectivity index (χ1n) is 3.59. The first-order valence-corrected chi connectivity index (χ1v) is 3.59. The van der Waals surface area contributed by atoms with Gasteiger partial charge in [0.1, 0.15) is 0 Å². The van der Waals surface area contributed by atoms with Gasteiger partial charge in [-0.05, 0) is 6.92 Å². The number of nitrogens with zero attached hydrogens (tertiary/aromatic N) is 1. The molecule has 0 amide bonds. The van der Waals surface area contributed by atoms with Crippen LogP contribution in [0.3, 0.4) is 0 Å². The highest BCUT2D eigenvalue weighted by molar-refractivity contribution is 5.42. The van der Waals surface area contributed by atoms with E-state index in [1.807, 2.05) is 0 Å². The molecule has 0 saturated carbocycles. The van der Waals surface area contributed by atoms with Crippen molar-refractivity contribution in [1.29, 1.82) is 0 Å². The molecule has 0 spiro atoms. The largest absolute Gasteiger partial charge is 0.396 e. The monoisotopic (exact) mass is 170 g/mol. The van der Waals surface area contributed by atoms with Crippen molar-refractivity contribution in [1.82, 2.24) is 4.98 Å². The topological polar surface area (TPSA) is 79.2 Å². The van der Waals surface area contributed by atoms with E-state index in [0.29, 0.717) is 12.0 Å². The zero-order chi connectivity index (χ0) is 9.14. The quantitative estimate of drug-likeness (QED) is 0.519. The van der Waals surface area contributed by atoms with Gasteiger partial charge in [-0.25, -0.2) is 0 Å². The van der Waals surface area contributed by atoms with Gasteiger partial charge in [0, 0.05) is 18.7 Å². The molecule has 5 nitrogen and oxygen atoms in total. The van der Waals surface area contributed by atoms with Gasteiger partial charge in [0.05, 0.1) is 16.7 Å². The van der Waals surface area contributed by atoms with Crippen LogP contribution in [-0.2, 0) is 6.42 Å². The number of rotatable bonds is 3. The third-order valence-electron chi connectivity index (χ3n) is 1.75. The molecule has 0 saturated heterocycles. The summed E-state index contributed by atoms with van der Waals surface area (Å²) in [5.74, 6) is 0. The van der Waals surface area contributed by atoms with Crippen LogP contribution in [-0.4, -0.2) is 21.6 Å². The zero-order valence-electron chi connectivity index (χ0n) is 6.70. The SMILES string of the molecule is Cc1[nH]cc([N+](=O)[O-])c1CCO. The van der Waals surface area contributed by atoms with Gasteiger partial charge < -0.3 is 10.1 Å². The van der Waals surface area contributed by atoms with E-state index in [1.165, 1.54) is 6.20 Å². The minimum absolute atomic E-state index is 0.0570. The molecule has 0 aliphatic heterocycles. The van der Waals surface area contributed by atoms with Gasteiger partial charge in [0.2, 0.25) is 0 Å². The van der Waals surface area contributed by atoms with Crippen molar-refractivity contribution in [3.05, 3.63) is 27.6 Å². The molecule has 5 heteroatoms. The van der Waals surface area contributed by atoms with E-state index in [1.54, 1.807) is 6.92 Å². The van der Waals surface area contributed by atoms with Crippen molar-refractivity contribution in [3.63, 3.8) is 0 Å². The first-order chi connectivity index (χ1) is 5.66. The molecule has 12 heavy (non-hydrogen) atoms. The highest BCUT2D eigenvalue weighted by Crippen LogP contribution is 2.21. The Kier molecular flexibility index (Phi) is 2.44. The van der Waals surface area contributed by atoms with Crippen LogP contribution in [0.2, 0.25) is 0 Å².